The Kier molecular flexibility index (Phi) is 13.3. The number of nitrogens with one attached hydrogen (secondary N) is 2. The van der Waals surface area contributed by atoms with Gasteiger partial charge in [-0.15, -0.1) is 0 Å². The molecule has 340 valence electrons. The molecule has 0 amide bonds. The number of ether oxygens (including phenoxy) is 6. The van der Waals surface area contributed by atoms with Crippen LogP contribution in [0.4, 0.5) is 0 Å². The minimum Gasteiger partial charge on any atom is -0.497 e. The third kappa shape index (κ3) is 8.95. The average molecular weight is 905 g/mol. The summed E-state index contributed by atoms with van der Waals surface area (Å²) in [6, 6.07) is 24.3. The van der Waals surface area contributed by atoms with E-state index in [0.717, 1.165) is 10.1 Å². The van der Waals surface area contributed by atoms with Crippen molar-refractivity contribution < 1.29 is 51.7 Å². The van der Waals surface area contributed by atoms with Crippen molar-refractivity contribution in [2.75, 3.05) is 41.2 Å². The van der Waals surface area contributed by atoms with Crippen molar-refractivity contribution in [2.45, 2.75) is 74.8 Å². The summed E-state index contributed by atoms with van der Waals surface area (Å²) in [5, 5.41) is 11.3. The molecule has 2 fully saturated rings. The first-order valence-electron chi connectivity index (χ1n) is 20.6. The number of hydrogen-bond donors (Lipinski definition) is 3. The van der Waals surface area contributed by atoms with E-state index in [1.54, 1.807) is 21.1 Å². The van der Waals surface area contributed by atoms with Crippen LogP contribution in [0.2, 0.25) is 0 Å². The molecule has 20 heteroatoms. The van der Waals surface area contributed by atoms with Crippen LogP contribution in [0.3, 0.4) is 0 Å². The number of methoxy groups -OCH3 is 3. The number of fused-ring (bicyclic) bond motifs is 5. The van der Waals surface area contributed by atoms with Gasteiger partial charge in [-0.1, -0.05) is 54.6 Å². The third-order valence-electron chi connectivity index (χ3n) is 11.7. The van der Waals surface area contributed by atoms with Gasteiger partial charge in [0.15, 0.2) is 6.23 Å². The number of phosphoric ester groups is 1. The Hall–Kier alpha value is -5.47. The van der Waals surface area contributed by atoms with Gasteiger partial charge in [0.1, 0.15) is 53.8 Å². The zero-order chi connectivity index (χ0) is 45.2. The molecule has 2 saturated heterocycles. The van der Waals surface area contributed by atoms with E-state index < -0.39 is 85.5 Å². The van der Waals surface area contributed by atoms with Gasteiger partial charge < -0.3 is 33.5 Å². The first kappa shape index (κ1) is 45.1. The largest absolute Gasteiger partial charge is 0.497 e. The van der Waals surface area contributed by atoms with Crippen molar-refractivity contribution in [3.63, 3.8) is 0 Å². The van der Waals surface area contributed by atoms with Gasteiger partial charge in [0, 0.05) is 37.1 Å². The number of H-pyrrole nitrogens is 2. The van der Waals surface area contributed by atoms with Crippen molar-refractivity contribution >= 4 is 7.82 Å². The fourth-order valence-corrected chi connectivity index (χ4v) is 9.74. The molecular weight excluding hydrogens is 855 g/mol. The second kappa shape index (κ2) is 18.9. The van der Waals surface area contributed by atoms with Crippen LogP contribution in [0.25, 0.3) is 0 Å². The summed E-state index contributed by atoms with van der Waals surface area (Å²) in [5.74, 6) is 1.24. The smallest absolute Gasteiger partial charge is 0.475 e. The van der Waals surface area contributed by atoms with Crippen LogP contribution in [-0.2, 0) is 49.1 Å². The van der Waals surface area contributed by atoms with Crippen LogP contribution in [-0.4, -0.2) is 95.9 Å². The first-order valence-corrected chi connectivity index (χ1v) is 22.1. The molecule has 3 aromatic carbocycles. The number of phosphoric acid groups is 1. The number of nitrogens with zero attached hydrogens (tertiary/aromatic N) is 2. The molecule has 0 radical (unpaired) electrons. The summed E-state index contributed by atoms with van der Waals surface area (Å²) in [6.45, 7) is 0.543. The first-order chi connectivity index (χ1) is 30.9. The van der Waals surface area contributed by atoms with E-state index in [2.05, 4.69) is 9.97 Å². The molecule has 8 atom stereocenters. The van der Waals surface area contributed by atoms with Gasteiger partial charge in [0.2, 0.25) is 0 Å². The maximum atomic E-state index is 14.9. The maximum absolute atomic E-state index is 14.9. The van der Waals surface area contributed by atoms with Gasteiger partial charge in [-0.05, 0) is 60.7 Å². The number of benzene rings is 3. The monoisotopic (exact) mass is 904 g/mol. The van der Waals surface area contributed by atoms with Crippen LogP contribution in [0.1, 0.15) is 53.1 Å². The van der Waals surface area contributed by atoms with Crippen LogP contribution in [0.15, 0.2) is 110 Å². The van der Waals surface area contributed by atoms with E-state index in [-0.39, 0.29) is 43.6 Å². The predicted octanol–water partition coefficient (Wildman–Crippen LogP) is 3.45. The summed E-state index contributed by atoms with van der Waals surface area (Å²) in [5.41, 5.74) is -1.41. The Morgan fingerprint density at radius 1 is 0.797 bits per heavy atom. The highest BCUT2D eigenvalue weighted by molar-refractivity contribution is 7.48. The van der Waals surface area contributed by atoms with E-state index >= 15 is 0 Å². The Morgan fingerprint density at radius 2 is 1.42 bits per heavy atom. The zero-order valence-electron chi connectivity index (χ0n) is 35.4. The zero-order valence-corrected chi connectivity index (χ0v) is 36.3. The standard InChI is InChI=1S/C44H49N4O15P/c1-26-22-47(42(52)45-39(26)50)36-21-33(63-64(54)59-20-8-9-27-23-48(43(53)46-40(27)51)41-38(57-4)37(49)35(62-41)25-60-64)34(61-36)24-58-44(28-10-6-5-7-11-28,29-12-16-31(55-2)17-13-29)30-14-18-32(56-3)19-15-30/h5-7,10-19,22-23,33-38,41,49H,8-9,20-21,24-25H2,1-4H3,(H,45,50,52)(H,46,51,53)/t33-,34+,35+,36+,37+,38+,41+,64?/m0/s1. The fourth-order valence-electron chi connectivity index (χ4n) is 8.31. The van der Waals surface area contributed by atoms with Crippen LogP contribution in [0, 0.1) is 6.92 Å². The lowest BCUT2D eigenvalue weighted by Crippen LogP contribution is -2.40. The second-order valence-electron chi connectivity index (χ2n) is 15.6. The topological polar surface area (TPSA) is 230 Å². The third-order valence-corrected chi connectivity index (χ3v) is 13.2. The van der Waals surface area contributed by atoms with Crippen molar-refractivity contribution in [1.29, 1.82) is 0 Å². The van der Waals surface area contributed by atoms with Crippen molar-refractivity contribution in [1.82, 2.24) is 19.1 Å². The van der Waals surface area contributed by atoms with Crippen LogP contribution in [0.5, 0.6) is 11.5 Å². The SMILES string of the molecule is COc1ccc(C(OC[C@H]2O[C@@H](n3cc(C)c(=O)[nH]c3=O)C[C@@H]2OP2(=O)OCCCc3cn(c(=O)[nH]c3=O)[C@@H]3O[C@H](CO2)[C@@H](O)[C@H]3OC)(c2ccccc2)c2ccc(OC)cc2)cc1. The lowest BCUT2D eigenvalue weighted by Gasteiger charge is -2.37. The van der Waals surface area contributed by atoms with E-state index in [1.807, 2.05) is 78.9 Å². The molecular formula is C44H49N4O15P. The molecule has 3 aliphatic heterocycles. The maximum Gasteiger partial charge on any atom is 0.475 e. The quantitative estimate of drug-likeness (QED) is 0.120. The van der Waals surface area contributed by atoms with Crippen molar-refractivity contribution in [3.8, 4) is 11.5 Å². The van der Waals surface area contributed by atoms with Gasteiger partial charge in [-0.3, -0.25) is 42.3 Å². The molecule has 0 aliphatic carbocycles. The number of aryl methyl sites for hydroxylation is 2. The Morgan fingerprint density at radius 3 is 2.06 bits per heavy atom. The lowest BCUT2D eigenvalue weighted by atomic mass is 9.80. The summed E-state index contributed by atoms with van der Waals surface area (Å²) < 4.78 is 71.7. The molecule has 5 aromatic rings. The van der Waals surface area contributed by atoms with E-state index in [9.17, 15) is 28.8 Å². The Bertz CT molecular complexity index is 2660. The van der Waals surface area contributed by atoms with Crippen LogP contribution >= 0.6 is 7.82 Å². The number of rotatable bonds is 12. The van der Waals surface area contributed by atoms with Gasteiger partial charge >= 0.3 is 19.2 Å². The number of hydrogen-bond acceptors (Lipinski definition) is 15. The number of aliphatic hydroxyl groups excluding tert-OH is 1. The molecule has 3 N–H and O–H groups in total. The minimum atomic E-state index is -4.65. The highest BCUT2D eigenvalue weighted by Gasteiger charge is 2.49. The molecule has 0 spiro atoms. The molecule has 4 bridgehead atoms. The van der Waals surface area contributed by atoms with E-state index in [0.29, 0.717) is 22.6 Å². The summed E-state index contributed by atoms with van der Waals surface area (Å²) in [4.78, 5) is 56.0. The van der Waals surface area contributed by atoms with Gasteiger partial charge in [0.25, 0.3) is 11.1 Å². The van der Waals surface area contributed by atoms with Gasteiger partial charge in [-0.25, -0.2) is 14.2 Å². The second-order valence-corrected chi connectivity index (χ2v) is 17.2. The summed E-state index contributed by atoms with van der Waals surface area (Å²) in [7, 11) is -0.181. The molecule has 3 aliphatic rings. The Labute approximate surface area is 366 Å². The molecule has 64 heavy (non-hydrogen) atoms. The minimum absolute atomic E-state index is 0.0871. The normalized spacial score (nSPS) is 26.1. The van der Waals surface area contributed by atoms with Crippen LogP contribution < -0.4 is 32.0 Å². The molecule has 0 saturated carbocycles. The molecule has 19 nitrogen and oxygen atoms in total. The summed E-state index contributed by atoms with van der Waals surface area (Å²) >= 11 is 0. The summed E-state index contributed by atoms with van der Waals surface area (Å²) in [6.07, 6.45) is -5.28. The van der Waals surface area contributed by atoms with Gasteiger partial charge in [0.05, 0.1) is 34.0 Å². The molecule has 1 unspecified atom stereocenters. The highest BCUT2D eigenvalue weighted by atomic mass is 31.2. The molecule has 5 heterocycles. The van der Waals surface area contributed by atoms with E-state index in [4.69, 9.17) is 42.0 Å². The Balaban J connectivity index is 1.16. The predicted molar refractivity (Wildman–Crippen MR) is 228 cm³/mol. The lowest BCUT2D eigenvalue weighted by molar-refractivity contribution is -0.0962. The molecule has 8 rings (SSSR count). The van der Waals surface area contributed by atoms with Gasteiger partial charge in [-0.2, -0.15) is 0 Å². The number of aromatic nitrogens is 4. The molecule has 2 aromatic heterocycles. The number of aromatic amines is 2. The van der Waals surface area contributed by atoms with Crippen molar-refractivity contribution in [2.24, 2.45) is 0 Å². The highest BCUT2D eigenvalue weighted by Crippen LogP contribution is 2.54. The fraction of sp³-hybridized carbons (Fsp3) is 0.409. The number of aliphatic hydroxyl groups is 1. The van der Waals surface area contributed by atoms with E-state index in [1.165, 1.54) is 24.1 Å². The average Bonchev–Trinajstić information content (AvgIpc) is 3.85. The van der Waals surface area contributed by atoms with Crippen molar-refractivity contribution in [3.05, 3.63) is 161 Å².